The molecule has 0 aliphatic carbocycles. The SMILES string of the molecule is C1CCOCC1.CC.CC.CC1CCCO1. The molecule has 2 nitrogen and oxygen atoms in total. The van der Waals surface area contributed by atoms with Crippen molar-refractivity contribution >= 4 is 0 Å². The molecule has 2 saturated heterocycles. The Balaban J connectivity index is 0. The van der Waals surface area contributed by atoms with Crippen LogP contribution in [0.5, 0.6) is 0 Å². The van der Waals surface area contributed by atoms with Crippen LogP contribution in [0.3, 0.4) is 0 Å². The highest BCUT2D eigenvalue weighted by Crippen LogP contribution is 2.09. The lowest BCUT2D eigenvalue weighted by molar-refractivity contribution is 0.0968. The molecule has 2 aliphatic rings. The summed E-state index contributed by atoms with van der Waals surface area (Å²) in [6.07, 6.45) is 7.01. The van der Waals surface area contributed by atoms with Gasteiger partial charge in [0.1, 0.15) is 0 Å². The molecule has 0 amide bonds. The second-order valence-corrected chi connectivity index (χ2v) is 3.50. The van der Waals surface area contributed by atoms with Gasteiger partial charge in [0.2, 0.25) is 0 Å². The van der Waals surface area contributed by atoms with Gasteiger partial charge in [-0.2, -0.15) is 0 Å². The van der Waals surface area contributed by atoms with Crippen molar-refractivity contribution in [3.8, 4) is 0 Å². The van der Waals surface area contributed by atoms with Crippen LogP contribution < -0.4 is 0 Å². The van der Waals surface area contributed by atoms with Crippen molar-refractivity contribution in [2.24, 2.45) is 0 Å². The molecule has 100 valence electrons. The summed E-state index contributed by atoms with van der Waals surface area (Å²) in [6.45, 7) is 13.1. The molecule has 1 unspecified atom stereocenters. The van der Waals surface area contributed by atoms with Crippen molar-refractivity contribution in [1.29, 1.82) is 0 Å². The Kier molecular flexibility index (Phi) is 19.8. The minimum Gasteiger partial charge on any atom is -0.381 e. The maximum atomic E-state index is 5.15. The summed E-state index contributed by atoms with van der Waals surface area (Å²) in [7, 11) is 0. The highest BCUT2D eigenvalue weighted by atomic mass is 16.5. The summed E-state index contributed by atoms with van der Waals surface area (Å²) >= 11 is 0. The van der Waals surface area contributed by atoms with Gasteiger partial charge in [0.05, 0.1) is 6.10 Å². The molecular weight excluding hydrogens is 200 g/mol. The van der Waals surface area contributed by atoms with E-state index in [1.807, 2.05) is 27.7 Å². The van der Waals surface area contributed by atoms with Crippen LogP contribution in [0.15, 0.2) is 0 Å². The molecule has 0 spiro atoms. The summed E-state index contributed by atoms with van der Waals surface area (Å²) in [5.41, 5.74) is 0. The Labute approximate surface area is 103 Å². The van der Waals surface area contributed by atoms with Crippen molar-refractivity contribution in [3.05, 3.63) is 0 Å². The van der Waals surface area contributed by atoms with E-state index in [2.05, 4.69) is 6.92 Å². The predicted molar refractivity (Wildman–Crippen MR) is 72.0 cm³/mol. The zero-order chi connectivity index (χ0) is 12.6. The van der Waals surface area contributed by atoms with Crippen LogP contribution in [0, 0.1) is 0 Å². The van der Waals surface area contributed by atoms with Gasteiger partial charge in [-0.3, -0.25) is 0 Å². The van der Waals surface area contributed by atoms with E-state index in [-0.39, 0.29) is 0 Å². The summed E-state index contributed by atoms with van der Waals surface area (Å²) in [5.74, 6) is 0. The Morgan fingerprint density at radius 2 is 1.31 bits per heavy atom. The molecule has 0 aromatic carbocycles. The van der Waals surface area contributed by atoms with Gasteiger partial charge < -0.3 is 9.47 Å². The summed E-state index contributed by atoms with van der Waals surface area (Å²) in [4.78, 5) is 0. The molecule has 0 bridgehead atoms. The van der Waals surface area contributed by atoms with Crippen LogP contribution in [-0.4, -0.2) is 25.9 Å². The van der Waals surface area contributed by atoms with E-state index >= 15 is 0 Å². The zero-order valence-corrected chi connectivity index (χ0v) is 12.1. The minimum absolute atomic E-state index is 0.546. The molecule has 16 heavy (non-hydrogen) atoms. The van der Waals surface area contributed by atoms with E-state index in [4.69, 9.17) is 9.47 Å². The molecule has 0 radical (unpaired) electrons. The van der Waals surface area contributed by atoms with Crippen LogP contribution in [-0.2, 0) is 9.47 Å². The molecule has 0 aromatic heterocycles. The largest absolute Gasteiger partial charge is 0.381 e. The van der Waals surface area contributed by atoms with E-state index in [0.717, 1.165) is 19.8 Å². The van der Waals surface area contributed by atoms with Crippen LogP contribution >= 0.6 is 0 Å². The minimum atomic E-state index is 0.546. The average Bonchev–Trinajstić information content (AvgIpc) is 2.88. The number of hydrogen-bond donors (Lipinski definition) is 0. The van der Waals surface area contributed by atoms with Crippen molar-refractivity contribution in [3.63, 3.8) is 0 Å². The fraction of sp³-hybridized carbons (Fsp3) is 1.00. The van der Waals surface area contributed by atoms with Gasteiger partial charge in [-0.1, -0.05) is 27.7 Å². The van der Waals surface area contributed by atoms with Crippen LogP contribution in [0.25, 0.3) is 0 Å². The van der Waals surface area contributed by atoms with Crippen molar-refractivity contribution in [2.75, 3.05) is 19.8 Å². The number of rotatable bonds is 0. The topological polar surface area (TPSA) is 18.5 Å². The molecule has 0 saturated carbocycles. The third-order valence-corrected chi connectivity index (χ3v) is 2.23. The Morgan fingerprint density at radius 3 is 1.44 bits per heavy atom. The van der Waals surface area contributed by atoms with E-state index in [1.165, 1.54) is 32.1 Å². The maximum Gasteiger partial charge on any atom is 0.0547 e. The quantitative estimate of drug-likeness (QED) is 0.615. The highest BCUT2D eigenvalue weighted by molar-refractivity contribution is 4.56. The second-order valence-electron chi connectivity index (χ2n) is 3.50. The third kappa shape index (κ3) is 13.9. The molecule has 2 rings (SSSR count). The second kappa shape index (κ2) is 17.3. The van der Waals surface area contributed by atoms with Gasteiger partial charge >= 0.3 is 0 Å². The van der Waals surface area contributed by atoms with E-state index in [1.54, 1.807) is 0 Å². The molecule has 1 atom stereocenters. The Bertz CT molecular complexity index is 83.4. The Morgan fingerprint density at radius 1 is 0.750 bits per heavy atom. The number of ether oxygens (including phenoxy) is 2. The molecule has 2 heteroatoms. The monoisotopic (exact) mass is 232 g/mol. The van der Waals surface area contributed by atoms with Gasteiger partial charge in [-0.15, -0.1) is 0 Å². The van der Waals surface area contributed by atoms with Gasteiger partial charge in [-0.25, -0.2) is 0 Å². The first-order chi connectivity index (χ1) is 7.89. The highest BCUT2D eigenvalue weighted by Gasteiger charge is 2.07. The summed E-state index contributed by atoms with van der Waals surface area (Å²) in [6, 6.07) is 0. The molecular formula is C14H32O2. The van der Waals surface area contributed by atoms with Gasteiger partial charge in [-0.05, 0) is 39.0 Å². The molecule has 0 aromatic rings. The molecule has 2 aliphatic heterocycles. The lowest BCUT2D eigenvalue weighted by atomic mass is 10.2. The predicted octanol–water partition coefficient (Wildman–Crippen LogP) is 4.42. The van der Waals surface area contributed by atoms with Gasteiger partial charge in [0.25, 0.3) is 0 Å². The average molecular weight is 232 g/mol. The van der Waals surface area contributed by atoms with Crippen molar-refractivity contribution in [2.45, 2.75) is 72.8 Å². The normalized spacial score (nSPS) is 22.7. The van der Waals surface area contributed by atoms with E-state index < -0.39 is 0 Å². The fourth-order valence-electron chi connectivity index (χ4n) is 1.43. The molecule has 2 fully saturated rings. The third-order valence-electron chi connectivity index (χ3n) is 2.23. The first-order valence-corrected chi connectivity index (χ1v) is 7.09. The van der Waals surface area contributed by atoms with Crippen LogP contribution in [0.2, 0.25) is 0 Å². The van der Waals surface area contributed by atoms with Gasteiger partial charge in [0.15, 0.2) is 0 Å². The maximum absolute atomic E-state index is 5.15. The standard InChI is InChI=1S/2C5H10O.2C2H6/c1-5-3-2-4-6-5;1-2-4-6-5-3-1;2*1-2/h5H,2-4H2,1H3;1-5H2;2*1-2H3. The van der Waals surface area contributed by atoms with Crippen molar-refractivity contribution in [1.82, 2.24) is 0 Å². The molecule has 2 heterocycles. The summed E-state index contributed by atoms with van der Waals surface area (Å²) < 4.78 is 10.2. The first kappa shape index (κ1) is 18.3. The first-order valence-electron chi connectivity index (χ1n) is 7.09. The zero-order valence-electron chi connectivity index (χ0n) is 12.1. The van der Waals surface area contributed by atoms with E-state index in [0.29, 0.717) is 6.10 Å². The van der Waals surface area contributed by atoms with Crippen LogP contribution in [0.1, 0.15) is 66.7 Å². The van der Waals surface area contributed by atoms with Crippen molar-refractivity contribution < 1.29 is 9.47 Å². The smallest absolute Gasteiger partial charge is 0.0547 e. The lowest BCUT2D eigenvalue weighted by Crippen LogP contribution is -2.03. The fourth-order valence-corrected chi connectivity index (χ4v) is 1.43. The van der Waals surface area contributed by atoms with Crippen LogP contribution in [0.4, 0.5) is 0 Å². The lowest BCUT2D eigenvalue weighted by Gasteiger charge is -2.08. The molecule has 0 N–H and O–H groups in total. The number of hydrogen-bond acceptors (Lipinski definition) is 2. The summed E-state index contributed by atoms with van der Waals surface area (Å²) in [5, 5.41) is 0. The Hall–Kier alpha value is -0.0800. The van der Waals surface area contributed by atoms with E-state index in [9.17, 15) is 0 Å². The van der Waals surface area contributed by atoms with Gasteiger partial charge in [0, 0.05) is 19.8 Å².